The Bertz CT molecular complexity index is 1090. The number of carbonyl (C=O) groups excluding carboxylic acids is 1. The lowest BCUT2D eigenvalue weighted by molar-refractivity contribution is -0.123. The first-order chi connectivity index (χ1) is 13.9. The van der Waals surface area contributed by atoms with Gasteiger partial charge in [0, 0.05) is 18.2 Å². The van der Waals surface area contributed by atoms with Gasteiger partial charge in [0.05, 0.1) is 18.2 Å². The minimum atomic E-state index is -3.00. The summed E-state index contributed by atoms with van der Waals surface area (Å²) in [5, 5.41) is 0. The van der Waals surface area contributed by atoms with E-state index in [9.17, 15) is 13.6 Å². The largest absolute Gasteiger partial charge is 0.433 e. The van der Waals surface area contributed by atoms with Crippen LogP contribution in [0.3, 0.4) is 0 Å². The van der Waals surface area contributed by atoms with Gasteiger partial charge >= 0.3 is 12.5 Å². The van der Waals surface area contributed by atoms with Gasteiger partial charge in [-0.25, -0.2) is 4.79 Å². The van der Waals surface area contributed by atoms with Gasteiger partial charge in [0.25, 0.3) is 0 Å². The standard InChI is InChI=1S/C24H20F2NO2/c1-16-22(29-24(25)26)20-10-6-7-11-21(20)27(2,23(16)28)19-14-12-18(13-15-19)17-8-4-3-5-9-17/h3-15,24H,1-2H3/q+1. The van der Waals surface area contributed by atoms with E-state index in [4.69, 9.17) is 4.74 Å². The molecule has 1 heterocycles. The van der Waals surface area contributed by atoms with E-state index in [1.165, 1.54) is 6.92 Å². The van der Waals surface area contributed by atoms with Gasteiger partial charge in [-0.05, 0) is 36.2 Å². The molecule has 0 radical (unpaired) electrons. The molecule has 0 spiro atoms. The summed E-state index contributed by atoms with van der Waals surface area (Å²) in [6, 6.07) is 24.7. The summed E-state index contributed by atoms with van der Waals surface area (Å²) < 4.78 is 30.5. The number of hydrogen-bond donors (Lipinski definition) is 0. The van der Waals surface area contributed by atoms with Gasteiger partial charge in [0.15, 0.2) is 11.4 Å². The van der Waals surface area contributed by atoms with Gasteiger partial charge in [-0.1, -0.05) is 42.5 Å². The Hall–Kier alpha value is -3.31. The van der Waals surface area contributed by atoms with Crippen molar-refractivity contribution < 1.29 is 18.3 Å². The van der Waals surface area contributed by atoms with Gasteiger partial charge in [0.2, 0.25) is 0 Å². The lowest BCUT2D eigenvalue weighted by Crippen LogP contribution is -2.49. The van der Waals surface area contributed by atoms with Crippen LogP contribution in [0.1, 0.15) is 12.5 Å². The molecule has 1 unspecified atom stereocenters. The summed E-state index contributed by atoms with van der Waals surface area (Å²) in [7, 11) is 1.78. The van der Waals surface area contributed by atoms with Crippen LogP contribution in [0.25, 0.3) is 16.9 Å². The van der Waals surface area contributed by atoms with E-state index in [0.29, 0.717) is 11.3 Å². The number of para-hydroxylation sites is 1. The summed E-state index contributed by atoms with van der Waals surface area (Å²) in [4.78, 5) is 13.3. The molecular weight excluding hydrogens is 372 g/mol. The van der Waals surface area contributed by atoms with Crippen molar-refractivity contribution in [2.75, 3.05) is 7.05 Å². The van der Waals surface area contributed by atoms with Crippen LogP contribution < -0.4 is 4.48 Å². The Morgan fingerprint density at radius 3 is 2.07 bits per heavy atom. The average Bonchev–Trinajstić information content (AvgIpc) is 2.76. The van der Waals surface area contributed by atoms with Crippen LogP contribution in [0.5, 0.6) is 0 Å². The van der Waals surface area contributed by atoms with Crippen LogP contribution in [0.2, 0.25) is 0 Å². The zero-order chi connectivity index (χ0) is 20.6. The van der Waals surface area contributed by atoms with Crippen molar-refractivity contribution in [2.45, 2.75) is 13.5 Å². The maximum Gasteiger partial charge on any atom is 0.387 e. The molecule has 4 rings (SSSR count). The summed E-state index contributed by atoms with van der Waals surface area (Å²) in [5.74, 6) is -0.357. The summed E-state index contributed by atoms with van der Waals surface area (Å²) in [6.45, 7) is -1.46. The third-order valence-electron chi connectivity index (χ3n) is 5.40. The van der Waals surface area contributed by atoms with E-state index < -0.39 is 6.61 Å². The van der Waals surface area contributed by atoms with Gasteiger partial charge in [-0.2, -0.15) is 13.3 Å². The van der Waals surface area contributed by atoms with Crippen LogP contribution in [0.15, 0.2) is 84.4 Å². The number of halogens is 2. The SMILES string of the molecule is CC1=C(OC(F)F)c2ccccc2[N+](C)(c2ccc(-c3ccccc3)cc2)C1=O. The number of nitrogens with zero attached hydrogens (tertiary/aromatic N) is 1. The monoisotopic (exact) mass is 392 g/mol. The molecule has 1 aliphatic heterocycles. The molecule has 0 bridgehead atoms. The van der Waals surface area contributed by atoms with E-state index in [-0.39, 0.29) is 21.7 Å². The van der Waals surface area contributed by atoms with Crippen molar-refractivity contribution in [3.8, 4) is 11.1 Å². The van der Waals surface area contributed by atoms with Crippen LogP contribution >= 0.6 is 0 Å². The van der Waals surface area contributed by atoms with Crippen molar-refractivity contribution in [3.63, 3.8) is 0 Å². The highest BCUT2D eigenvalue weighted by molar-refractivity contribution is 6.13. The van der Waals surface area contributed by atoms with E-state index in [1.807, 2.05) is 54.6 Å². The molecule has 3 aromatic rings. The van der Waals surface area contributed by atoms with E-state index in [2.05, 4.69) is 0 Å². The minimum absolute atomic E-state index is 0.0582. The lowest BCUT2D eigenvalue weighted by atomic mass is 9.96. The molecule has 5 heteroatoms. The second kappa shape index (κ2) is 7.26. The molecule has 0 saturated heterocycles. The van der Waals surface area contributed by atoms with Gasteiger partial charge < -0.3 is 4.74 Å². The number of rotatable bonds is 4. The molecule has 1 amide bonds. The fourth-order valence-electron chi connectivity index (χ4n) is 3.88. The number of carbonyl (C=O) groups is 1. The highest BCUT2D eigenvalue weighted by Crippen LogP contribution is 2.45. The Morgan fingerprint density at radius 2 is 1.41 bits per heavy atom. The second-order valence-corrected chi connectivity index (χ2v) is 7.07. The Labute approximate surface area is 168 Å². The molecule has 1 aliphatic rings. The van der Waals surface area contributed by atoms with Crippen LogP contribution in [-0.4, -0.2) is 19.6 Å². The highest BCUT2D eigenvalue weighted by Gasteiger charge is 2.46. The van der Waals surface area contributed by atoms with Crippen molar-refractivity contribution in [2.24, 2.45) is 0 Å². The number of quaternary nitrogens is 1. The Morgan fingerprint density at radius 1 is 0.828 bits per heavy atom. The minimum Gasteiger partial charge on any atom is -0.433 e. The maximum atomic E-state index is 13.3. The average molecular weight is 392 g/mol. The van der Waals surface area contributed by atoms with E-state index in [0.717, 1.165) is 16.8 Å². The zero-order valence-corrected chi connectivity index (χ0v) is 16.1. The highest BCUT2D eigenvalue weighted by atomic mass is 19.3. The summed E-state index contributed by atoms with van der Waals surface area (Å²) in [6.07, 6.45) is 0. The first kappa shape index (κ1) is 19.0. The predicted molar refractivity (Wildman–Crippen MR) is 110 cm³/mol. The second-order valence-electron chi connectivity index (χ2n) is 7.07. The molecule has 0 fully saturated rings. The fourth-order valence-corrected chi connectivity index (χ4v) is 3.88. The smallest absolute Gasteiger partial charge is 0.387 e. The number of fused-ring (bicyclic) bond motifs is 1. The van der Waals surface area contributed by atoms with Crippen molar-refractivity contribution in [1.82, 2.24) is 4.48 Å². The molecule has 0 aliphatic carbocycles. The van der Waals surface area contributed by atoms with E-state index >= 15 is 0 Å². The molecule has 146 valence electrons. The van der Waals surface area contributed by atoms with Gasteiger partial charge in [0.1, 0.15) is 5.69 Å². The summed E-state index contributed by atoms with van der Waals surface area (Å²) >= 11 is 0. The number of likely N-dealkylation sites (N-methyl/N-ethyl adjacent to an activating group) is 1. The molecule has 0 aromatic heterocycles. The number of ether oxygens (including phenoxy) is 1. The molecule has 0 saturated carbocycles. The topological polar surface area (TPSA) is 26.3 Å². The van der Waals surface area contributed by atoms with Crippen LogP contribution in [-0.2, 0) is 9.53 Å². The van der Waals surface area contributed by atoms with Gasteiger partial charge in [-0.3, -0.25) is 0 Å². The first-order valence-electron chi connectivity index (χ1n) is 9.26. The molecule has 29 heavy (non-hydrogen) atoms. The third-order valence-corrected chi connectivity index (χ3v) is 5.40. The molecular formula is C24H20F2NO2+. The quantitative estimate of drug-likeness (QED) is 0.499. The predicted octanol–water partition coefficient (Wildman–Crippen LogP) is 6.13. The number of hydrogen-bond acceptors (Lipinski definition) is 2. The maximum absolute atomic E-state index is 13.3. The van der Waals surface area contributed by atoms with Crippen LogP contribution in [0, 0.1) is 0 Å². The van der Waals surface area contributed by atoms with Gasteiger partial charge in [-0.15, -0.1) is 0 Å². The number of benzene rings is 3. The molecule has 3 nitrogen and oxygen atoms in total. The third kappa shape index (κ3) is 3.13. The van der Waals surface area contributed by atoms with Crippen molar-refractivity contribution >= 4 is 23.0 Å². The van der Waals surface area contributed by atoms with Crippen LogP contribution in [0.4, 0.5) is 20.2 Å². The molecule has 3 aromatic carbocycles. The Balaban J connectivity index is 1.83. The molecule has 0 N–H and O–H groups in total. The molecule has 1 atom stereocenters. The Kier molecular flexibility index (Phi) is 4.76. The summed E-state index contributed by atoms with van der Waals surface area (Å²) in [5.41, 5.74) is 4.14. The van der Waals surface area contributed by atoms with E-state index in [1.54, 1.807) is 31.3 Å². The van der Waals surface area contributed by atoms with Crippen molar-refractivity contribution in [1.29, 1.82) is 0 Å². The van der Waals surface area contributed by atoms with Crippen molar-refractivity contribution in [3.05, 3.63) is 90.0 Å². The lowest BCUT2D eigenvalue weighted by Gasteiger charge is -2.36. The first-order valence-corrected chi connectivity index (χ1v) is 9.26. The number of alkyl halides is 2. The fraction of sp³-hybridized carbons (Fsp3) is 0.125. The zero-order valence-electron chi connectivity index (χ0n) is 16.1. The normalized spacial score (nSPS) is 18.7. The number of amides is 1.